The van der Waals surface area contributed by atoms with Gasteiger partial charge in [-0.25, -0.2) is 0 Å². The van der Waals surface area contributed by atoms with Crippen molar-refractivity contribution < 1.29 is 14.7 Å². The van der Waals surface area contributed by atoms with Gasteiger partial charge in [0, 0.05) is 19.0 Å². The fraction of sp³-hybridized carbons (Fsp3) is 0.417. The summed E-state index contributed by atoms with van der Waals surface area (Å²) in [7, 11) is 0. The summed E-state index contributed by atoms with van der Waals surface area (Å²) in [5.41, 5.74) is 0.784. The Morgan fingerprint density at radius 1 is 1.41 bits per heavy atom. The molecule has 2 N–H and O–H groups in total. The first-order valence-electron chi connectivity index (χ1n) is 5.46. The molecular formula is C12H16N2O3. The lowest BCUT2D eigenvalue weighted by molar-refractivity contribution is -0.138. The predicted octanol–water partition coefficient (Wildman–Crippen LogP) is 1.20. The minimum Gasteiger partial charge on any atom is -0.481 e. The lowest BCUT2D eigenvalue weighted by Crippen LogP contribution is -2.25. The predicted molar refractivity (Wildman–Crippen MR) is 62.1 cm³/mol. The Kier molecular flexibility index (Phi) is 5.13. The van der Waals surface area contributed by atoms with E-state index in [1.807, 2.05) is 12.1 Å². The Morgan fingerprint density at radius 2 is 2.18 bits per heavy atom. The van der Waals surface area contributed by atoms with E-state index in [0.29, 0.717) is 6.54 Å². The molecular weight excluding hydrogens is 220 g/mol. The van der Waals surface area contributed by atoms with Gasteiger partial charge in [-0.2, -0.15) is 0 Å². The molecule has 92 valence electrons. The van der Waals surface area contributed by atoms with Crippen LogP contribution in [-0.2, 0) is 16.1 Å². The van der Waals surface area contributed by atoms with Crippen LogP contribution >= 0.6 is 0 Å². The van der Waals surface area contributed by atoms with Gasteiger partial charge >= 0.3 is 5.97 Å². The third-order valence-corrected chi connectivity index (χ3v) is 2.25. The number of carboxylic acids is 1. The molecule has 5 heteroatoms. The van der Waals surface area contributed by atoms with Gasteiger partial charge in [-0.3, -0.25) is 14.6 Å². The lowest BCUT2D eigenvalue weighted by Gasteiger charge is -2.08. The molecule has 5 nitrogen and oxygen atoms in total. The van der Waals surface area contributed by atoms with E-state index >= 15 is 0 Å². The first kappa shape index (κ1) is 13.2. The van der Waals surface area contributed by atoms with Crippen molar-refractivity contribution in [3.05, 3.63) is 30.1 Å². The number of hydrogen-bond acceptors (Lipinski definition) is 3. The highest BCUT2D eigenvalue weighted by Gasteiger charge is 2.12. The zero-order valence-corrected chi connectivity index (χ0v) is 9.72. The maximum Gasteiger partial charge on any atom is 0.303 e. The molecule has 0 saturated heterocycles. The molecule has 0 aliphatic rings. The first-order valence-corrected chi connectivity index (χ1v) is 5.46. The standard InChI is InChI=1S/C12H16N2O3/c1-9(7-12(16)17)6-11(15)14-8-10-4-2-3-5-13-10/h2-5,9H,6-8H2,1H3,(H,14,15)(H,16,17)/t9-/m0/s1. The number of carboxylic acid groups (broad SMARTS) is 1. The monoisotopic (exact) mass is 236 g/mol. The Hall–Kier alpha value is -1.91. The van der Waals surface area contributed by atoms with Gasteiger partial charge < -0.3 is 10.4 Å². The molecule has 0 bridgehead atoms. The maximum absolute atomic E-state index is 11.5. The summed E-state index contributed by atoms with van der Waals surface area (Å²) in [6.07, 6.45) is 1.89. The van der Waals surface area contributed by atoms with Crippen molar-refractivity contribution in [2.45, 2.75) is 26.3 Å². The minimum absolute atomic E-state index is 0.0109. The number of rotatable bonds is 6. The number of hydrogen-bond donors (Lipinski definition) is 2. The van der Waals surface area contributed by atoms with Gasteiger partial charge in [0.25, 0.3) is 0 Å². The van der Waals surface area contributed by atoms with Crippen LogP contribution in [0.3, 0.4) is 0 Å². The fourth-order valence-electron chi connectivity index (χ4n) is 1.45. The summed E-state index contributed by atoms with van der Waals surface area (Å²) in [5, 5.41) is 11.3. The van der Waals surface area contributed by atoms with E-state index in [1.54, 1.807) is 19.2 Å². The van der Waals surface area contributed by atoms with Crippen molar-refractivity contribution in [1.29, 1.82) is 0 Å². The molecule has 1 aromatic heterocycles. The summed E-state index contributed by atoms with van der Waals surface area (Å²) in [4.78, 5) is 26.0. The topological polar surface area (TPSA) is 79.3 Å². The Labute approximate surface area is 99.9 Å². The van der Waals surface area contributed by atoms with Crippen LogP contribution < -0.4 is 5.32 Å². The lowest BCUT2D eigenvalue weighted by atomic mass is 10.0. The van der Waals surface area contributed by atoms with Crippen LogP contribution in [0, 0.1) is 5.92 Å². The van der Waals surface area contributed by atoms with Crippen LogP contribution in [0.2, 0.25) is 0 Å². The Balaban J connectivity index is 2.28. The van der Waals surface area contributed by atoms with E-state index in [2.05, 4.69) is 10.3 Å². The third-order valence-electron chi connectivity index (χ3n) is 2.25. The van der Waals surface area contributed by atoms with Crippen molar-refractivity contribution in [3.63, 3.8) is 0 Å². The van der Waals surface area contributed by atoms with Crippen LogP contribution in [0.25, 0.3) is 0 Å². The second-order valence-electron chi connectivity index (χ2n) is 4.00. The van der Waals surface area contributed by atoms with Crippen molar-refractivity contribution in [2.24, 2.45) is 5.92 Å². The summed E-state index contributed by atoms with van der Waals surface area (Å²) >= 11 is 0. The van der Waals surface area contributed by atoms with Gasteiger partial charge in [0.1, 0.15) is 0 Å². The molecule has 17 heavy (non-hydrogen) atoms. The zero-order valence-electron chi connectivity index (χ0n) is 9.72. The van der Waals surface area contributed by atoms with Crippen LogP contribution in [0.1, 0.15) is 25.5 Å². The van der Waals surface area contributed by atoms with Crippen molar-refractivity contribution >= 4 is 11.9 Å². The number of nitrogens with one attached hydrogen (secondary N) is 1. The number of amides is 1. The minimum atomic E-state index is -0.880. The normalized spacial score (nSPS) is 11.8. The summed E-state index contributed by atoms with van der Waals surface area (Å²) in [6, 6.07) is 5.47. The molecule has 0 fully saturated rings. The van der Waals surface area contributed by atoms with Gasteiger partial charge in [-0.1, -0.05) is 13.0 Å². The first-order chi connectivity index (χ1) is 8.08. The second-order valence-corrected chi connectivity index (χ2v) is 4.00. The van der Waals surface area contributed by atoms with Gasteiger partial charge in [0.05, 0.1) is 12.2 Å². The number of carbonyl (C=O) groups is 2. The van der Waals surface area contributed by atoms with Crippen LogP contribution in [0.4, 0.5) is 0 Å². The molecule has 1 rings (SSSR count). The van der Waals surface area contributed by atoms with E-state index in [9.17, 15) is 9.59 Å². The highest BCUT2D eigenvalue weighted by molar-refractivity contribution is 5.77. The van der Waals surface area contributed by atoms with Crippen LogP contribution in [0.15, 0.2) is 24.4 Å². The average molecular weight is 236 g/mol. The van der Waals surface area contributed by atoms with Crippen molar-refractivity contribution in [2.75, 3.05) is 0 Å². The van der Waals surface area contributed by atoms with E-state index < -0.39 is 5.97 Å². The Bertz CT molecular complexity index is 379. The summed E-state index contributed by atoms with van der Waals surface area (Å²) < 4.78 is 0. The zero-order chi connectivity index (χ0) is 12.7. The third kappa shape index (κ3) is 5.65. The molecule has 0 aliphatic carbocycles. The fourth-order valence-corrected chi connectivity index (χ4v) is 1.45. The number of nitrogens with zero attached hydrogens (tertiary/aromatic N) is 1. The van der Waals surface area contributed by atoms with Crippen LogP contribution in [-0.4, -0.2) is 22.0 Å². The number of aromatic nitrogens is 1. The van der Waals surface area contributed by atoms with E-state index in [0.717, 1.165) is 5.69 Å². The number of carbonyl (C=O) groups excluding carboxylic acids is 1. The SMILES string of the molecule is C[C@H](CC(=O)O)CC(=O)NCc1ccccn1. The molecule has 0 spiro atoms. The van der Waals surface area contributed by atoms with Gasteiger partial charge in [-0.05, 0) is 18.1 Å². The van der Waals surface area contributed by atoms with E-state index in [-0.39, 0.29) is 24.7 Å². The highest BCUT2D eigenvalue weighted by Crippen LogP contribution is 2.07. The highest BCUT2D eigenvalue weighted by atomic mass is 16.4. The van der Waals surface area contributed by atoms with Gasteiger partial charge in [0.15, 0.2) is 0 Å². The number of pyridine rings is 1. The van der Waals surface area contributed by atoms with E-state index in [4.69, 9.17) is 5.11 Å². The average Bonchev–Trinajstić information content (AvgIpc) is 2.26. The van der Waals surface area contributed by atoms with Crippen molar-refractivity contribution in [1.82, 2.24) is 10.3 Å². The maximum atomic E-state index is 11.5. The second kappa shape index (κ2) is 6.62. The number of aliphatic carboxylic acids is 1. The molecule has 0 radical (unpaired) electrons. The molecule has 0 aromatic carbocycles. The molecule has 1 aromatic rings. The summed E-state index contributed by atoms with van der Waals surface area (Å²) in [5.74, 6) is -1.18. The van der Waals surface area contributed by atoms with Crippen molar-refractivity contribution in [3.8, 4) is 0 Å². The molecule has 1 heterocycles. The summed E-state index contributed by atoms with van der Waals surface area (Å²) in [6.45, 7) is 2.12. The molecule has 0 unspecified atom stereocenters. The molecule has 1 amide bonds. The Morgan fingerprint density at radius 3 is 2.76 bits per heavy atom. The largest absolute Gasteiger partial charge is 0.481 e. The molecule has 0 saturated carbocycles. The molecule has 1 atom stereocenters. The smallest absolute Gasteiger partial charge is 0.303 e. The quantitative estimate of drug-likeness (QED) is 0.777. The van der Waals surface area contributed by atoms with E-state index in [1.165, 1.54) is 0 Å². The van der Waals surface area contributed by atoms with Gasteiger partial charge in [0.2, 0.25) is 5.91 Å². The van der Waals surface area contributed by atoms with Crippen LogP contribution in [0.5, 0.6) is 0 Å². The van der Waals surface area contributed by atoms with Gasteiger partial charge in [-0.15, -0.1) is 0 Å². The molecule has 0 aliphatic heterocycles.